The zero-order valence-corrected chi connectivity index (χ0v) is 9.28. The first-order valence-electron chi connectivity index (χ1n) is 5.93. The fourth-order valence-electron chi connectivity index (χ4n) is 2.28. The normalized spacial score (nSPS) is 22.5. The highest BCUT2D eigenvalue weighted by Crippen LogP contribution is 2.27. The molecule has 3 rings (SSSR count). The average molecular weight is 216 g/mol. The number of nitrogens with one attached hydrogen (secondary N) is 1. The Bertz CT molecular complexity index is 389. The van der Waals surface area contributed by atoms with Crippen molar-refractivity contribution in [2.45, 2.75) is 25.4 Å². The molecule has 0 amide bonds. The van der Waals surface area contributed by atoms with Gasteiger partial charge in [-0.15, -0.1) is 0 Å². The van der Waals surface area contributed by atoms with Crippen molar-refractivity contribution in [3.63, 3.8) is 0 Å². The van der Waals surface area contributed by atoms with Crippen molar-refractivity contribution in [2.75, 3.05) is 13.1 Å². The molecule has 2 aliphatic heterocycles. The molecule has 1 aromatic rings. The second-order valence-corrected chi connectivity index (χ2v) is 4.36. The van der Waals surface area contributed by atoms with E-state index in [9.17, 15) is 0 Å². The molecule has 3 heteroatoms. The van der Waals surface area contributed by atoms with Gasteiger partial charge in [0.05, 0.1) is 12.4 Å². The minimum absolute atomic E-state index is 0.265. The van der Waals surface area contributed by atoms with Gasteiger partial charge in [0, 0.05) is 19.4 Å². The molecule has 84 valence electrons. The van der Waals surface area contributed by atoms with Gasteiger partial charge in [-0.3, -0.25) is 4.99 Å². The molecule has 1 N–H and O–H groups in total. The first-order chi connectivity index (χ1) is 7.92. The van der Waals surface area contributed by atoms with Crippen molar-refractivity contribution in [3.05, 3.63) is 29.8 Å². The molecule has 0 aromatic heterocycles. The van der Waals surface area contributed by atoms with Gasteiger partial charge in [0.25, 0.3) is 0 Å². The first-order valence-corrected chi connectivity index (χ1v) is 5.93. The third-order valence-corrected chi connectivity index (χ3v) is 3.12. The molecule has 16 heavy (non-hydrogen) atoms. The summed E-state index contributed by atoms with van der Waals surface area (Å²) in [7, 11) is 0. The number of rotatable bonds is 2. The van der Waals surface area contributed by atoms with E-state index in [1.165, 1.54) is 12.0 Å². The van der Waals surface area contributed by atoms with Crippen LogP contribution in [0.1, 0.15) is 18.4 Å². The summed E-state index contributed by atoms with van der Waals surface area (Å²) in [5, 5.41) is 3.38. The minimum atomic E-state index is 0.265. The molecule has 0 saturated carbocycles. The van der Waals surface area contributed by atoms with Crippen molar-refractivity contribution in [1.29, 1.82) is 0 Å². The van der Waals surface area contributed by atoms with Crippen molar-refractivity contribution in [2.24, 2.45) is 4.99 Å². The summed E-state index contributed by atoms with van der Waals surface area (Å²) < 4.78 is 5.85. The van der Waals surface area contributed by atoms with E-state index in [1.54, 1.807) is 0 Å². The maximum Gasteiger partial charge on any atom is 0.123 e. The standard InChI is InChI=1S/C13H16N2O/c1-2-5-12-10(4-1)8-11(16-12)9-15-13-6-3-7-14-13/h1-2,4-5,11H,3,6-9H2,(H,14,15). The highest BCUT2D eigenvalue weighted by Gasteiger charge is 2.22. The molecule has 1 aromatic carbocycles. The molecule has 1 atom stereocenters. The van der Waals surface area contributed by atoms with E-state index in [1.807, 2.05) is 12.1 Å². The predicted octanol–water partition coefficient (Wildman–Crippen LogP) is 1.77. The number of aliphatic imine (C=N–C) groups is 1. The molecule has 0 fully saturated rings. The third kappa shape index (κ3) is 1.90. The van der Waals surface area contributed by atoms with E-state index in [4.69, 9.17) is 4.74 Å². The van der Waals surface area contributed by atoms with Crippen LogP contribution < -0.4 is 10.1 Å². The Hall–Kier alpha value is -1.51. The largest absolute Gasteiger partial charge is 0.488 e. The molecule has 0 bridgehead atoms. The molecule has 3 nitrogen and oxygen atoms in total. The smallest absolute Gasteiger partial charge is 0.123 e. The SMILES string of the molecule is c1ccc2c(c1)CC(CNC1=NCCC1)O2. The van der Waals surface area contributed by atoms with Gasteiger partial charge < -0.3 is 10.1 Å². The van der Waals surface area contributed by atoms with E-state index in [2.05, 4.69) is 22.4 Å². The van der Waals surface area contributed by atoms with Crippen LogP contribution >= 0.6 is 0 Å². The van der Waals surface area contributed by atoms with E-state index in [0.29, 0.717) is 0 Å². The molecule has 0 saturated heterocycles. The summed E-state index contributed by atoms with van der Waals surface area (Å²) in [6.45, 7) is 1.85. The number of hydrogen-bond acceptors (Lipinski definition) is 3. The van der Waals surface area contributed by atoms with Crippen LogP contribution in [0.4, 0.5) is 0 Å². The van der Waals surface area contributed by atoms with Crippen molar-refractivity contribution in [3.8, 4) is 5.75 Å². The van der Waals surface area contributed by atoms with Gasteiger partial charge >= 0.3 is 0 Å². The summed E-state index contributed by atoms with van der Waals surface area (Å²) in [6.07, 6.45) is 3.56. The van der Waals surface area contributed by atoms with Crippen LogP contribution in [-0.2, 0) is 6.42 Å². The van der Waals surface area contributed by atoms with Crippen LogP contribution in [0, 0.1) is 0 Å². The summed E-state index contributed by atoms with van der Waals surface area (Å²) in [4.78, 5) is 4.40. The Labute approximate surface area is 95.5 Å². The van der Waals surface area contributed by atoms with Crippen LogP contribution in [0.25, 0.3) is 0 Å². The Morgan fingerprint density at radius 3 is 3.12 bits per heavy atom. The molecular formula is C13H16N2O. The molecule has 0 spiro atoms. The molecule has 0 radical (unpaired) electrons. The van der Waals surface area contributed by atoms with Gasteiger partial charge in [-0.1, -0.05) is 18.2 Å². The molecule has 1 unspecified atom stereocenters. The van der Waals surface area contributed by atoms with Crippen LogP contribution in [0.5, 0.6) is 5.75 Å². The van der Waals surface area contributed by atoms with Crippen LogP contribution in [0.2, 0.25) is 0 Å². The number of amidine groups is 1. The summed E-state index contributed by atoms with van der Waals surface area (Å²) in [6, 6.07) is 8.28. The van der Waals surface area contributed by atoms with Gasteiger partial charge in [-0.25, -0.2) is 0 Å². The van der Waals surface area contributed by atoms with Crippen molar-refractivity contribution in [1.82, 2.24) is 5.32 Å². The number of nitrogens with zero attached hydrogens (tertiary/aromatic N) is 1. The zero-order chi connectivity index (χ0) is 10.8. The summed E-state index contributed by atoms with van der Waals surface area (Å²) in [5.41, 5.74) is 1.32. The second kappa shape index (κ2) is 4.16. The van der Waals surface area contributed by atoms with E-state index >= 15 is 0 Å². The van der Waals surface area contributed by atoms with Gasteiger partial charge in [0.1, 0.15) is 11.9 Å². The fourth-order valence-corrected chi connectivity index (χ4v) is 2.28. The lowest BCUT2D eigenvalue weighted by atomic mass is 10.1. The Morgan fingerprint density at radius 1 is 1.38 bits per heavy atom. The summed E-state index contributed by atoms with van der Waals surface area (Å²) >= 11 is 0. The maximum absolute atomic E-state index is 5.85. The van der Waals surface area contributed by atoms with E-state index in [0.717, 1.165) is 37.5 Å². The summed E-state index contributed by atoms with van der Waals surface area (Å²) in [5.74, 6) is 2.20. The number of benzene rings is 1. The molecule has 0 aliphatic carbocycles. The van der Waals surface area contributed by atoms with Crippen molar-refractivity contribution >= 4 is 5.84 Å². The number of hydrogen-bond donors (Lipinski definition) is 1. The van der Waals surface area contributed by atoms with E-state index < -0.39 is 0 Å². The first kappa shape index (κ1) is 9.70. The zero-order valence-electron chi connectivity index (χ0n) is 9.28. The van der Waals surface area contributed by atoms with Crippen molar-refractivity contribution < 1.29 is 4.74 Å². The highest BCUT2D eigenvalue weighted by atomic mass is 16.5. The van der Waals surface area contributed by atoms with Crippen LogP contribution in [0.15, 0.2) is 29.3 Å². The molecule has 2 heterocycles. The lowest BCUT2D eigenvalue weighted by molar-refractivity contribution is 0.235. The quantitative estimate of drug-likeness (QED) is 0.817. The van der Waals surface area contributed by atoms with Gasteiger partial charge in [-0.05, 0) is 18.1 Å². The monoisotopic (exact) mass is 216 g/mol. The number of fused-ring (bicyclic) bond motifs is 1. The minimum Gasteiger partial charge on any atom is -0.488 e. The predicted molar refractivity (Wildman–Crippen MR) is 64.1 cm³/mol. The molecular weight excluding hydrogens is 200 g/mol. The lowest BCUT2D eigenvalue weighted by Gasteiger charge is -2.12. The van der Waals surface area contributed by atoms with Crippen LogP contribution in [0.3, 0.4) is 0 Å². The van der Waals surface area contributed by atoms with Gasteiger partial charge in [0.15, 0.2) is 0 Å². The fraction of sp³-hybridized carbons (Fsp3) is 0.462. The molecule has 2 aliphatic rings. The topological polar surface area (TPSA) is 33.6 Å². The highest BCUT2D eigenvalue weighted by molar-refractivity contribution is 5.83. The lowest BCUT2D eigenvalue weighted by Crippen LogP contribution is -2.33. The van der Waals surface area contributed by atoms with Gasteiger partial charge in [0.2, 0.25) is 0 Å². The van der Waals surface area contributed by atoms with Crippen LogP contribution in [-0.4, -0.2) is 25.0 Å². The van der Waals surface area contributed by atoms with Gasteiger partial charge in [-0.2, -0.15) is 0 Å². The number of ether oxygens (including phenoxy) is 1. The Balaban J connectivity index is 1.56. The van der Waals surface area contributed by atoms with E-state index in [-0.39, 0.29) is 6.10 Å². The Kier molecular flexibility index (Phi) is 2.52. The maximum atomic E-state index is 5.85. The number of para-hydroxylation sites is 1. The average Bonchev–Trinajstić information content (AvgIpc) is 2.95. The Morgan fingerprint density at radius 2 is 2.31 bits per heavy atom. The third-order valence-electron chi connectivity index (χ3n) is 3.12. The second-order valence-electron chi connectivity index (χ2n) is 4.36.